The van der Waals surface area contributed by atoms with E-state index in [1.807, 2.05) is 17.9 Å². The molecule has 3 heteroatoms. The molecule has 1 fully saturated rings. The standard InChI is InChI=1S/C10H17N3/c1-7-6-11-8(2)10(7)9-4-5-13(3)12-9/h4-5,7-8,10-11H,6H2,1-3H3. The fourth-order valence-electron chi connectivity index (χ4n) is 2.28. The van der Waals surface area contributed by atoms with Crippen molar-refractivity contribution in [1.82, 2.24) is 15.1 Å². The fraction of sp³-hybridized carbons (Fsp3) is 0.700. The fourth-order valence-corrected chi connectivity index (χ4v) is 2.28. The van der Waals surface area contributed by atoms with Gasteiger partial charge in [0.15, 0.2) is 0 Å². The molecule has 1 aliphatic rings. The van der Waals surface area contributed by atoms with Gasteiger partial charge in [-0.05, 0) is 25.5 Å². The van der Waals surface area contributed by atoms with Crippen molar-refractivity contribution < 1.29 is 0 Å². The molecule has 0 spiro atoms. The zero-order valence-corrected chi connectivity index (χ0v) is 8.49. The number of aromatic nitrogens is 2. The highest BCUT2D eigenvalue weighted by molar-refractivity contribution is 5.13. The van der Waals surface area contributed by atoms with Crippen LogP contribution >= 0.6 is 0 Å². The Bertz CT molecular complexity index is 282. The Labute approximate surface area is 79.1 Å². The minimum atomic E-state index is 0.560. The van der Waals surface area contributed by atoms with Gasteiger partial charge in [0, 0.05) is 25.2 Å². The molecule has 0 radical (unpaired) electrons. The van der Waals surface area contributed by atoms with E-state index >= 15 is 0 Å². The van der Waals surface area contributed by atoms with Crippen LogP contribution in [0.15, 0.2) is 12.3 Å². The third kappa shape index (κ3) is 1.48. The maximum absolute atomic E-state index is 4.47. The first-order valence-corrected chi connectivity index (χ1v) is 4.91. The number of nitrogens with one attached hydrogen (secondary N) is 1. The maximum Gasteiger partial charge on any atom is 0.0673 e. The van der Waals surface area contributed by atoms with Crippen LogP contribution in [0.2, 0.25) is 0 Å². The normalized spacial score (nSPS) is 33.9. The predicted molar refractivity (Wildman–Crippen MR) is 52.6 cm³/mol. The first-order valence-electron chi connectivity index (χ1n) is 4.91. The molecule has 2 rings (SSSR count). The smallest absolute Gasteiger partial charge is 0.0673 e. The summed E-state index contributed by atoms with van der Waals surface area (Å²) in [6.45, 7) is 5.64. The quantitative estimate of drug-likeness (QED) is 0.700. The Kier molecular flexibility index (Phi) is 2.12. The summed E-state index contributed by atoms with van der Waals surface area (Å²) in [5, 5.41) is 7.95. The summed E-state index contributed by atoms with van der Waals surface area (Å²) >= 11 is 0. The zero-order chi connectivity index (χ0) is 9.42. The largest absolute Gasteiger partial charge is 0.313 e. The van der Waals surface area contributed by atoms with E-state index in [4.69, 9.17) is 0 Å². The molecule has 0 aromatic carbocycles. The van der Waals surface area contributed by atoms with Gasteiger partial charge in [0.2, 0.25) is 0 Å². The first kappa shape index (κ1) is 8.75. The second kappa shape index (κ2) is 3.14. The molecule has 1 N–H and O–H groups in total. The summed E-state index contributed by atoms with van der Waals surface area (Å²) in [4.78, 5) is 0. The average Bonchev–Trinajstić information content (AvgIpc) is 2.60. The highest BCUT2D eigenvalue weighted by Gasteiger charge is 2.32. The van der Waals surface area contributed by atoms with E-state index in [9.17, 15) is 0 Å². The van der Waals surface area contributed by atoms with E-state index in [2.05, 4.69) is 30.3 Å². The molecule has 1 saturated heterocycles. The van der Waals surface area contributed by atoms with Gasteiger partial charge in [0.05, 0.1) is 5.69 Å². The van der Waals surface area contributed by atoms with E-state index in [0.717, 1.165) is 6.54 Å². The van der Waals surface area contributed by atoms with Crippen LogP contribution in [0.4, 0.5) is 0 Å². The maximum atomic E-state index is 4.47. The molecule has 0 bridgehead atoms. The molecule has 3 unspecified atom stereocenters. The van der Waals surface area contributed by atoms with Crippen molar-refractivity contribution in [3.63, 3.8) is 0 Å². The Balaban J connectivity index is 2.24. The number of hydrogen-bond acceptors (Lipinski definition) is 2. The van der Waals surface area contributed by atoms with E-state index in [-0.39, 0.29) is 0 Å². The van der Waals surface area contributed by atoms with Gasteiger partial charge < -0.3 is 5.32 Å². The molecule has 1 aromatic heterocycles. The second-order valence-corrected chi connectivity index (χ2v) is 4.11. The van der Waals surface area contributed by atoms with E-state index < -0.39 is 0 Å². The number of hydrogen-bond donors (Lipinski definition) is 1. The molecule has 0 amide bonds. The molecule has 1 aromatic rings. The molecule has 72 valence electrons. The summed E-state index contributed by atoms with van der Waals surface area (Å²) < 4.78 is 1.88. The van der Waals surface area contributed by atoms with E-state index in [0.29, 0.717) is 17.9 Å². The lowest BCUT2D eigenvalue weighted by Gasteiger charge is -2.15. The van der Waals surface area contributed by atoms with Crippen LogP contribution in [0, 0.1) is 5.92 Å². The zero-order valence-electron chi connectivity index (χ0n) is 8.49. The van der Waals surface area contributed by atoms with Crippen molar-refractivity contribution in [2.75, 3.05) is 6.54 Å². The van der Waals surface area contributed by atoms with E-state index in [1.165, 1.54) is 5.69 Å². The summed E-state index contributed by atoms with van der Waals surface area (Å²) in [5.74, 6) is 1.28. The third-order valence-corrected chi connectivity index (χ3v) is 2.99. The summed E-state index contributed by atoms with van der Waals surface area (Å²) in [7, 11) is 1.97. The predicted octanol–water partition coefficient (Wildman–Crippen LogP) is 1.13. The van der Waals surface area contributed by atoms with Crippen molar-refractivity contribution in [3.8, 4) is 0 Å². The van der Waals surface area contributed by atoms with Crippen LogP contribution in [0.25, 0.3) is 0 Å². The number of nitrogens with zero attached hydrogens (tertiary/aromatic N) is 2. The van der Waals surface area contributed by atoms with Crippen LogP contribution in [-0.4, -0.2) is 22.4 Å². The van der Waals surface area contributed by atoms with Gasteiger partial charge in [-0.15, -0.1) is 0 Å². The minimum absolute atomic E-state index is 0.560. The number of rotatable bonds is 1. The topological polar surface area (TPSA) is 29.9 Å². The SMILES string of the molecule is CC1CNC(C)C1c1ccn(C)n1. The highest BCUT2D eigenvalue weighted by Crippen LogP contribution is 2.30. The second-order valence-electron chi connectivity index (χ2n) is 4.11. The Morgan fingerprint density at radius 1 is 1.54 bits per heavy atom. The molecule has 0 aliphatic carbocycles. The molecule has 3 atom stereocenters. The monoisotopic (exact) mass is 179 g/mol. The van der Waals surface area contributed by atoms with Gasteiger partial charge in [-0.25, -0.2) is 0 Å². The molecule has 3 nitrogen and oxygen atoms in total. The lowest BCUT2D eigenvalue weighted by molar-refractivity contribution is 0.500. The van der Waals surface area contributed by atoms with Crippen LogP contribution in [0.1, 0.15) is 25.5 Å². The lowest BCUT2D eigenvalue weighted by Crippen LogP contribution is -2.22. The van der Waals surface area contributed by atoms with Crippen LogP contribution < -0.4 is 5.32 Å². The summed E-state index contributed by atoms with van der Waals surface area (Å²) in [6.07, 6.45) is 2.02. The molecular weight excluding hydrogens is 162 g/mol. The molecular formula is C10H17N3. The Hall–Kier alpha value is -0.830. The van der Waals surface area contributed by atoms with Crippen LogP contribution in [-0.2, 0) is 7.05 Å². The van der Waals surface area contributed by atoms with Crippen molar-refractivity contribution in [3.05, 3.63) is 18.0 Å². The van der Waals surface area contributed by atoms with Gasteiger partial charge in [-0.3, -0.25) is 4.68 Å². The van der Waals surface area contributed by atoms with Gasteiger partial charge in [-0.2, -0.15) is 5.10 Å². The lowest BCUT2D eigenvalue weighted by atomic mass is 9.90. The minimum Gasteiger partial charge on any atom is -0.313 e. The molecule has 13 heavy (non-hydrogen) atoms. The van der Waals surface area contributed by atoms with E-state index in [1.54, 1.807) is 0 Å². The van der Waals surface area contributed by atoms with Crippen LogP contribution in [0.5, 0.6) is 0 Å². The third-order valence-electron chi connectivity index (χ3n) is 2.99. The summed E-state index contributed by atoms with van der Waals surface area (Å²) in [6, 6.07) is 2.69. The molecule has 1 aliphatic heterocycles. The van der Waals surface area contributed by atoms with Crippen molar-refractivity contribution in [2.24, 2.45) is 13.0 Å². The van der Waals surface area contributed by atoms with Gasteiger partial charge >= 0.3 is 0 Å². The highest BCUT2D eigenvalue weighted by atomic mass is 15.3. The Morgan fingerprint density at radius 3 is 2.77 bits per heavy atom. The molecule has 2 heterocycles. The molecule has 0 saturated carbocycles. The van der Waals surface area contributed by atoms with Gasteiger partial charge in [0.25, 0.3) is 0 Å². The van der Waals surface area contributed by atoms with Crippen molar-refractivity contribution >= 4 is 0 Å². The van der Waals surface area contributed by atoms with Crippen molar-refractivity contribution in [2.45, 2.75) is 25.8 Å². The number of aryl methyl sites for hydroxylation is 1. The average molecular weight is 179 g/mol. The summed E-state index contributed by atoms with van der Waals surface area (Å²) in [5.41, 5.74) is 1.23. The van der Waals surface area contributed by atoms with Gasteiger partial charge in [0.1, 0.15) is 0 Å². The Morgan fingerprint density at radius 2 is 2.31 bits per heavy atom. The first-order chi connectivity index (χ1) is 6.18. The van der Waals surface area contributed by atoms with Crippen LogP contribution in [0.3, 0.4) is 0 Å². The van der Waals surface area contributed by atoms with Crippen molar-refractivity contribution in [1.29, 1.82) is 0 Å². The van der Waals surface area contributed by atoms with Gasteiger partial charge in [-0.1, -0.05) is 6.92 Å².